The Kier molecular flexibility index (Phi) is 6.95. The van der Waals surface area contributed by atoms with Gasteiger partial charge in [-0.05, 0) is 42.3 Å². The van der Waals surface area contributed by atoms with Crippen LogP contribution in [0, 0.1) is 11.3 Å². The van der Waals surface area contributed by atoms with Crippen LogP contribution in [0.2, 0.25) is 0 Å². The van der Waals surface area contributed by atoms with E-state index >= 15 is 0 Å². The molecule has 0 bridgehead atoms. The highest BCUT2D eigenvalue weighted by Crippen LogP contribution is 2.22. The summed E-state index contributed by atoms with van der Waals surface area (Å²) in [5.74, 6) is 0.507. The summed E-state index contributed by atoms with van der Waals surface area (Å²) in [5.41, 5.74) is 2.65. The van der Waals surface area contributed by atoms with Gasteiger partial charge < -0.3 is 9.47 Å². The number of carbonyl (C=O) groups is 1. The Bertz CT molecular complexity index is 1010. The standard InChI is InChI=1S/C22H21N3O3S/c1-15(28-14-18-4-3-5-19(10-18)27-2)21(26)25-22-24-13-20(29-22)11-16-6-8-17(12-23)9-7-16/h3-10,13,15H,11,14H2,1-2H3,(H,24,25,26). The molecule has 0 saturated heterocycles. The molecule has 0 aliphatic heterocycles. The molecule has 0 fully saturated rings. The van der Waals surface area contributed by atoms with Gasteiger partial charge in [0, 0.05) is 17.5 Å². The number of hydrogen-bond acceptors (Lipinski definition) is 6. The van der Waals surface area contributed by atoms with E-state index in [1.807, 2.05) is 36.4 Å². The van der Waals surface area contributed by atoms with Crippen LogP contribution in [0.5, 0.6) is 5.75 Å². The maximum absolute atomic E-state index is 12.4. The second kappa shape index (κ2) is 9.82. The average molecular weight is 407 g/mol. The molecule has 1 atom stereocenters. The van der Waals surface area contributed by atoms with Gasteiger partial charge >= 0.3 is 0 Å². The number of benzene rings is 2. The smallest absolute Gasteiger partial charge is 0.255 e. The summed E-state index contributed by atoms with van der Waals surface area (Å²) >= 11 is 1.42. The molecular weight excluding hydrogens is 386 g/mol. The summed E-state index contributed by atoms with van der Waals surface area (Å²) in [7, 11) is 1.61. The van der Waals surface area contributed by atoms with Gasteiger partial charge in [-0.15, -0.1) is 11.3 Å². The molecule has 0 aliphatic rings. The van der Waals surface area contributed by atoms with Crippen molar-refractivity contribution in [1.29, 1.82) is 5.26 Å². The van der Waals surface area contributed by atoms with Gasteiger partial charge in [-0.3, -0.25) is 10.1 Å². The van der Waals surface area contributed by atoms with Gasteiger partial charge in [0.25, 0.3) is 5.91 Å². The number of carbonyl (C=O) groups excluding carboxylic acids is 1. The minimum Gasteiger partial charge on any atom is -0.497 e. The molecule has 29 heavy (non-hydrogen) atoms. The minimum atomic E-state index is -0.618. The summed E-state index contributed by atoms with van der Waals surface area (Å²) in [4.78, 5) is 17.7. The predicted octanol–water partition coefficient (Wildman–Crippen LogP) is 4.16. The van der Waals surface area contributed by atoms with Gasteiger partial charge in [0.05, 0.1) is 25.3 Å². The molecule has 148 valence electrons. The van der Waals surface area contributed by atoms with Gasteiger partial charge in [0.1, 0.15) is 11.9 Å². The fourth-order valence-electron chi connectivity index (χ4n) is 2.61. The second-order valence-electron chi connectivity index (χ2n) is 6.41. The van der Waals surface area contributed by atoms with Gasteiger partial charge in [-0.1, -0.05) is 24.3 Å². The molecule has 3 rings (SSSR count). The highest BCUT2D eigenvalue weighted by molar-refractivity contribution is 7.15. The lowest BCUT2D eigenvalue weighted by Crippen LogP contribution is -2.27. The van der Waals surface area contributed by atoms with E-state index in [0.717, 1.165) is 21.8 Å². The van der Waals surface area contributed by atoms with Gasteiger partial charge in [-0.25, -0.2) is 4.98 Å². The molecule has 7 heteroatoms. The number of nitrogens with zero attached hydrogens (tertiary/aromatic N) is 2. The molecule has 1 unspecified atom stereocenters. The Morgan fingerprint density at radius 1 is 1.24 bits per heavy atom. The van der Waals surface area contributed by atoms with Crippen molar-refractivity contribution in [3.05, 3.63) is 76.3 Å². The van der Waals surface area contributed by atoms with Crippen LogP contribution in [0.1, 0.15) is 28.5 Å². The van der Waals surface area contributed by atoms with E-state index in [2.05, 4.69) is 16.4 Å². The Labute approximate surface area is 173 Å². The van der Waals surface area contributed by atoms with Crippen molar-refractivity contribution in [3.8, 4) is 11.8 Å². The first-order valence-electron chi connectivity index (χ1n) is 9.06. The highest BCUT2D eigenvalue weighted by atomic mass is 32.1. The molecule has 0 saturated carbocycles. The fourth-order valence-corrected chi connectivity index (χ4v) is 3.46. The first kappa shape index (κ1) is 20.5. The molecule has 0 spiro atoms. The van der Waals surface area contributed by atoms with Crippen molar-refractivity contribution in [2.24, 2.45) is 0 Å². The normalized spacial score (nSPS) is 11.5. The molecule has 0 aliphatic carbocycles. The highest BCUT2D eigenvalue weighted by Gasteiger charge is 2.15. The number of rotatable bonds is 8. The van der Waals surface area contributed by atoms with Crippen molar-refractivity contribution >= 4 is 22.4 Å². The maximum atomic E-state index is 12.4. The number of amides is 1. The van der Waals surface area contributed by atoms with Crippen LogP contribution in [0.15, 0.2) is 54.7 Å². The molecule has 6 nitrogen and oxygen atoms in total. The van der Waals surface area contributed by atoms with E-state index in [-0.39, 0.29) is 5.91 Å². The summed E-state index contributed by atoms with van der Waals surface area (Å²) < 4.78 is 10.9. The number of thiazole rings is 1. The monoisotopic (exact) mass is 407 g/mol. The Hall–Kier alpha value is -3.21. The van der Waals surface area contributed by atoms with E-state index in [4.69, 9.17) is 14.7 Å². The molecule has 3 aromatic rings. The predicted molar refractivity (Wildman–Crippen MR) is 112 cm³/mol. The van der Waals surface area contributed by atoms with E-state index in [1.54, 1.807) is 32.4 Å². The van der Waals surface area contributed by atoms with Gasteiger partial charge in [0.2, 0.25) is 0 Å². The quantitative estimate of drug-likeness (QED) is 0.606. The Morgan fingerprint density at radius 3 is 2.76 bits per heavy atom. The molecule has 0 radical (unpaired) electrons. The first-order chi connectivity index (χ1) is 14.1. The average Bonchev–Trinajstić information content (AvgIpc) is 3.19. The van der Waals surface area contributed by atoms with E-state index < -0.39 is 6.10 Å². The zero-order valence-corrected chi connectivity index (χ0v) is 17.0. The number of ether oxygens (including phenoxy) is 2. The van der Waals surface area contributed by atoms with Crippen LogP contribution < -0.4 is 10.1 Å². The van der Waals surface area contributed by atoms with Crippen molar-refractivity contribution < 1.29 is 14.3 Å². The zero-order valence-electron chi connectivity index (χ0n) is 16.2. The van der Waals surface area contributed by atoms with Crippen molar-refractivity contribution in [3.63, 3.8) is 0 Å². The second-order valence-corrected chi connectivity index (χ2v) is 7.53. The maximum Gasteiger partial charge on any atom is 0.255 e. The molecule has 1 aromatic heterocycles. The summed E-state index contributed by atoms with van der Waals surface area (Å²) in [6, 6.07) is 17.1. The third-order valence-corrected chi connectivity index (χ3v) is 5.16. The number of aromatic nitrogens is 1. The number of hydrogen-bond donors (Lipinski definition) is 1. The van der Waals surface area contributed by atoms with Gasteiger partial charge in [0.15, 0.2) is 5.13 Å². The Morgan fingerprint density at radius 2 is 2.03 bits per heavy atom. The molecule has 1 N–H and O–H groups in total. The Balaban J connectivity index is 1.51. The van der Waals surface area contributed by atoms with Crippen LogP contribution in [0.25, 0.3) is 0 Å². The SMILES string of the molecule is COc1cccc(COC(C)C(=O)Nc2ncc(Cc3ccc(C#N)cc3)s2)c1. The van der Waals surface area contributed by atoms with Crippen LogP contribution in [0.3, 0.4) is 0 Å². The minimum absolute atomic E-state index is 0.243. The molecule has 2 aromatic carbocycles. The third kappa shape index (κ3) is 5.88. The number of anilines is 1. The molecular formula is C22H21N3O3S. The molecule has 1 heterocycles. The van der Waals surface area contributed by atoms with Crippen LogP contribution in [-0.4, -0.2) is 24.1 Å². The topological polar surface area (TPSA) is 84.2 Å². The third-order valence-electron chi connectivity index (χ3n) is 4.25. The van der Waals surface area contributed by atoms with E-state index in [1.165, 1.54) is 11.3 Å². The van der Waals surface area contributed by atoms with Crippen molar-refractivity contribution in [2.75, 3.05) is 12.4 Å². The molecule has 1 amide bonds. The lowest BCUT2D eigenvalue weighted by molar-refractivity contribution is -0.127. The van der Waals surface area contributed by atoms with Gasteiger partial charge in [-0.2, -0.15) is 5.26 Å². The largest absolute Gasteiger partial charge is 0.497 e. The van der Waals surface area contributed by atoms with Crippen molar-refractivity contribution in [1.82, 2.24) is 4.98 Å². The van der Waals surface area contributed by atoms with Crippen LogP contribution >= 0.6 is 11.3 Å². The van der Waals surface area contributed by atoms with E-state index in [9.17, 15) is 4.79 Å². The van der Waals surface area contributed by atoms with Crippen LogP contribution in [-0.2, 0) is 22.6 Å². The summed E-state index contributed by atoms with van der Waals surface area (Å²) in [5, 5.41) is 12.2. The van der Waals surface area contributed by atoms with E-state index in [0.29, 0.717) is 23.7 Å². The van der Waals surface area contributed by atoms with Crippen LogP contribution in [0.4, 0.5) is 5.13 Å². The summed E-state index contributed by atoms with van der Waals surface area (Å²) in [6.45, 7) is 2.02. The summed E-state index contributed by atoms with van der Waals surface area (Å²) in [6.07, 6.45) is 1.83. The zero-order chi connectivity index (χ0) is 20.6. The first-order valence-corrected chi connectivity index (χ1v) is 9.88. The number of nitriles is 1. The lowest BCUT2D eigenvalue weighted by Gasteiger charge is -2.12. The number of methoxy groups -OCH3 is 1. The lowest BCUT2D eigenvalue weighted by atomic mass is 10.1. The van der Waals surface area contributed by atoms with Crippen molar-refractivity contribution in [2.45, 2.75) is 26.1 Å². The number of nitrogens with one attached hydrogen (secondary N) is 1. The fraction of sp³-hybridized carbons (Fsp3) is 0.227.